The summed E-state index contributed by atoms with van der Waals surface area (Å²) in [5, 5.41) is 6.64. The van der Waals surface area contributed by atoms with E-state index in [1.807, 2.05) is 0 Å². The second-order valence-electron chi connectivity index (χ2n) is 7.66. The molecule has 1 aliphatic heterocycles. The van der Waals surface area contributed by atoms with Crippen LogP contribution in [0.25, 0.3) is 0 Å². The van der Waals surface area contributed by atoms with Gasteiger partial charge in [0.1, 0.15) is 0 Å². The third kappa shape index (κ3) is 3.81. The lowest BCUT2D eigenvalue weighted by atomic mass is 9.65. The normalized spacial score (nSPS) is 21.7. The molecule has 24 heavy (non-hydrogen) atoms. The van der Waals surface area contributed by atoms with Crippen molar-refractivity contribution in [2.75, 3.05) is 33.4 Å². The van der Waals surface area contributed by atoms with Crippen LogP contribution in [0.15, 0.2) is 30.3 Å². The number of amides is 1. The molecule has 1 amide bonds. The molecule has 4 heteroatoms. The maximum Gasteiger partial charge on any atom is 0.228 e. The van der Waals surface area contributed by atoms with E-state index in [-0.39, 0.29) is 16.7 Å². The van der Waals surface area contributed by atoms with Gasteiger partial charge in [0.2, 0.25) is 5.91 Å². The summed E-state index contributed by atoms with van der Waals surface area (Å²) in [7, 11) is 1.69. The van der Waals surface area contributed by atoms with E-state index >= 15 is 0 Å². The van der Waals surface area contributed by atoms with Gasteiger partial charge in [0, 0.05) is 13.7 Å². The van der Waals surface area contributed by atoms with E-state index in [1.165, 1.54) is 24.8 Å². The maximum atomic E-state index is 12.9. The van der Waals surface area contributed by atoms with Crippen molar-refractivity contribution in [2.45, 2.75) is 38.5 Å². The van der Waals surface area contributed by atoms with Crippen LogP contribution in [0.4, 0.5) is 0 Å². The molecular formula is C20H30N2O2. The van der Waals surface area contributed by atoms with Gasteiger partial charge < -0.3 is 15.4 Å². The molecule has 1 heterocycles. The van der Waals surface area contributed by atoms with Gasteiger partial charge in [0.05, 0.1) is 12.0 Å². The molecule has 1 aromatic carbocycles. The van der Waals surface area contributed by atoms with Crippen molar-refractivity contribution in [3.8, 4) is 0 Å². The van der Waals surface area contributed by atoms with Gasteiger partial charge in [-0.25, -0.2) is 0 Å². The van der Waals surface area contributed by atoms with Crippen LogP contribution in [-0.4, -0.2) is 39.3 Å². The Labute approximate surface area is 145 Å². The molecule has 3 rings (SSSR count). The lowest BCUT2D eigenvalue weighted by Gasteiger charge is -2.44. The van der Waals surface area contributed by atoms with Crippen molar-refractivity contribution < 1.29 is 9.53 Å². The highest BCUT2D eigenvalue weighted by atomic mass is 16.5. The number of ether oxygens (including phenoxy) is 1. The minimum absolute atomic E-state index is 0.185. The van der Waals surface area contributed by atoms with E-state index in [4.69, 9.17) is 4.74 Å². The SMILES string of the molecule is COCC1(C(=O)NCC2(Cc3ccccc3)CCC2)CCNCC1. The summed E-state index contributed by atoms with van der Waals surface area (Å²) in [6.45, 7) is 3.10. The first-order chi connectivity index (χ1) is 11.7. The zero-order valence-electron chi connectivity index (χ0n) is 14.8. The van der Waals surface area contributed by atoms with E-state index in [2.05, 4.69) is 41.0 Å². The van der Waals surface area contributed by atoms with Crippen molar-refractivity contribution in [1.29, 1.82) is 0 Å². The van der Waals surface area contributed by atoms with Crippen LogP contribution in [0, 0.1) is 10.8 Å². The van der Waals surface area contributed by atoms with Crippen LogP contribution in [0.5, 0.6) is 0 Å². The number of methoxy groups -OCH3 is 1. The molecule has 0 spiro atoms. The molecule has 2 N–H and O–H groups in total. The zero-order valence-corrected chi connectivity index (χ0v) is 14.8. The lowest BCUT2D eigenvalue weighted by Crippen LogP contribution is -2.53. The fourth-order valence-corrected chi connectivity index (χ4v) is 4.20. The minimum atomic E-state index is -0.350. The van der Waals surface area contributed by atoms with Gasteiger partial charge in [-0.3, -0.25) is 4.79 Å². The van der Waals surface area contributed by atoms with Gasteiger partial charge in [0.15, 0.2) is 0 Å². The highest BCUT2D eigenvalue weighted by Gasteiger charge is 2.42. The predicted molar refractivity (Wildman–Crippen MR) is 95.9 cm³/mol. The summed E-state index contributed by atoms with van der Waals surface area (Å²) in [5.41, 5.74) is 1.27. The van der Waals surface area contributed by atoms with Crippen LogP contribution in [-0.2, 0) is 16.0 Å². The van der Waals surface area contributed by atoms with Gasteiger partial charge in [-0.1, -0.05) is 36.8 Å². The largest absolute Gasteiger partial charge is 0.384 e. The van der Waals surface area contributed by atoms with Crippen LogP contribution >= 0.6 is 0 Å². The van der Waals surface area contributed by atoms with Gasteiger partial charge in [-0.2, -0.15) is 0 Å². The number of hydrogen-bond acceptors (Lipinski definition) is 3. The highest BCUT2D eigenvalue weighted by molar-refractivity contribution is 5.83. The number of benzene rings is 1. The number of hydrogen-bond donors (Lipinski definition) is 2. The molecule has 0 unspecified atom stereocenters. The van der Waals surface area contributed by atoms with Crippen molar-refractivity contribution >= 4 is 5.91 Å². The number of carbonyl (C=O) groups excluding carboxylic acids is 1. The Kier molecular flexibility index (Phi) is 5.57. The lowest BCUT2D eigenvalue weighted by molar-refractivity contribution is -0.137. The average molecular weight is 330 g/mol. The van der Waals surface area contributed by atoms with Gasteiger partial charge >= 0.3 is 0 Å². The standard InChI is InChI=1S/C20H30N2O2/c1-24-16-20(10-12-21-13-11-20)18(23)22-15-19(8-5-9-19)14-17-6-3-2-4-7-17/h2-4,6-7,21H,5,8-16H2,1H3,(H,22,23). The molecule has 0 atom stereocenters. The molecule has 1 aromatic rings. The van der Waals surface area contributed by atoms with Crippen LogP contribution in [0.2, 0.25) is 0 Å². The fraction of sp³-hybridized carbons (Fsp3) is 0.650. The quantitative estimate of drug-likeness (QED) is 0.808. The first-order valence-electron chi connectivity index (χ1n) is 9.20. The Balaban J connectivity index is 1.61. The minimum Gasteiger partial charge on any atom is -0.384 e. The van der Waals surface area contributed by atoms with E-state index in [0.717, 1.165) is 38.9 Å². The molecular weight excluding hydrogens is 300 g/mol. The number of nitrogens with one attached hydrogen (secondary N) is 2. The third-order valence-corrected chi connectivity index (χ3v) is 5.92. The predicted octanol–water partition coefficient (Wildman–Crippen LogP) is 2.53. The molecule has 132 valence electrons. The maximum absolute atomic E-state index is 12.9. The fourth-order valence-electron chi connectivity index (χ4n) is 4.20. The number of rotatable bonds is 7. The first kappa shape index (κ1) is 17.4. The smallest absolute Gasteiger partial charge is 0.228 e. The molecule has 2 fully saturated rings. The molecule has 0 bridgehead atoms. The molecule has 0 aromatic heterocycles. The summed E-state index contributed by atoms with van der Waals surface area (Å²) in [6, 6.07) is 10.7. The average Bonchev–Trinajstić information content (AvgIpc) is 2.59. The molecule has 2 aliphatic rings. The number of piperidine rings is 1. The molecule has 1 saturated heterocycles. The van der Waals surface area contributed by atoms with Crippen LogP contribution in [0.3, 0.4) is 0 Å². The first-order valence-corrected chi connectivity index (χ1v) is 9.20. The monoisotopic (exact) mass is 330 g/mol. The Bertz CT molecular complexity index is 528. The Hall–Kier alpha value is -1.39. The van der Waals surface area contributed by atoms with Crippen LogP contribution < -0.4 is 10.6 Å². The van der Waals surface area contributed by atoms with E-state index in [0.29, 0.717) is 6.61 Å². The van der Waals surface area contributed by atoms with E-state index < -0.39 is 0 Å². The van der Waals surface area contributed by atoms with Crippen molar-refractivity contribution in [1.82, 2.24) is 10.6 Å². The molecule has 0 radical (unpaired) electrons. The van der Waals surface area contributed by atoms with Gasteiger partial charge in [-0.05, 0) is 56.2 Å². The Morgan fingerprint density at radius 2 is 1.88 bits per heavy atom. The number of carbonyl (C=O) groups is 1. The summed E-state index contributed by atoms with van der Waals surface area (Å²) in [6.07, 6.45) is 6.47. The Morgan fingerprint density at radius 1 is 1.17 bits per heavy atom. The topological polar surface area (TPSA) is 50.4 Å². The summed E-state index contributed by atoms with van der Waals surface area (Å²) < 4.78 is 5.39. The summed E-state index contributed by atoms with van der Waals surface area (Å²) >= 11 is 0. The summed E-state index contributed by atoms with van der Waals surface area (Å²) in [5.74, 6) is 0.185. The van der Waals surface area contributed by atoms with Crippen molar-refractivity contribution in [3.05, 3.63) is 35.9 Å². The third-order valence-electron chi connectivity index (χ3n) is 5.92. The molecule has 1 saturated carbocycles. The highest BCUT2D eigenvalue weighted by Crippen LogP contribution is 2.43. The van der Waals surface area contributed by atoms with E-state index in [1.54, 1.807) is 7.11 Å². The van der Waals surface area contributed by atoms with Gasteiger partial charge in [-0.15, -0.1) is 0 Å². The zero-order chi connectivity index (χ0) is 16.9. The Morgan fingerprint density at radius 3 is 2.46 bits per heavy atom. The molecule has 1 aliphatic carbocycles. The van der Waals surface area contributed by atoms with Crippen molar-refractivity contribution in [2.24, 2.45) is 10.8 Å². The van der Waals surface area contributed by atoms with Gasteiger partial charge in [0.25, 0.3) is 0 Å². The molecule has 4 nitrogen and oxygen atoms in total. The second-order valence-corrected chi connectivity index (χ2v) is 7.66. The second kappa shape index (κ2) is 7.66. The summed E-state index contributed by atoms with van der Waals surface area (Å²) in [4.78, 5) is 12.9. The van der Waals surface area contributed by atoms with E-state index in [9.17, 15) is 4.79 Å². The van der Waals surface area contributed by atoms with Crippen LogP contribution in [0.1, 0.15) is 37.7 Å². The van der Waals surface area contributed by atoms with Crippen molar-refractivity contribution in [3.63, 3.8) is 0 Å².